The minimum Gasteiger partial charge on any atom is -0.494 e. The van der Waals surface area contributed by atoms with Gasteiger partial charge in [0.2, 0.25) is 11.6 Å². The van der Waals surface area contributed by atoms with E-state index in [4.69, 9.17) is 35.3 Å². The predicted octanol–water partition coefficient (Wildman–Crippen LogP) is 5.67. The number of hydrogen-bond acceptors (Lipinski definition) is 6. The molecule has 0 radical (unpaired) electrons. The normalized spacial score (nSPS) is 24.3. The molecular formula is C27H37ClO6. The van der Waals surface area contributed by atoms with Crippen molar-refractivity contribution in [2.75, 3.05) is 20.8 Å². The van der Waals surface area contributed by atoms with Gasteiger partial charge in [-0.25, -0.2) is 0 Å². The first-order chi connectivity index (χ1) is 16.1. The lowest BCUT2D eigenvalue weighted by atomic mass is 9.93. The fourth-order valence-corrected chi connectivity index (χ4v) is 4.46. The van der Waals surface area contributed by atoms with Crippen LogP contribution in [-0.2, 0) is 25.4 Å². The van der Waals surface area contributed by atoms with Gasteiger partial charge in [0.15, 0.2) is 0 Å². The molecule has 1 N–H and O–H groups in total. The molecule has 0 aromatic heterocycles. The van der Waals surface area contributed by atoms with Crippen LogP contribution < -0.4 is 4.74 Å². The van der Waals surface area contributed by atoms with Gasteiger partial charge in [-0.3, -0.25) is 0 Å². The summed E-state index contributed by atoms with van der Waals surface area (Å²) in [5, 5.41) is 11.4. The van der Waals surface area contributed by atoms with Crippen molar-refractivity contribution in [3.05, 3.63) is 64.2 Å². The Hall–Kier alpha value is -1.67. The lowest BCUT2D eigenvalue weighted by molar-refractivity contribution is -0.387. The molecule has 1 saturated heterocycles. The van der Waals surface area contributed by atoms with Crippen LogP contribution in [0, 0.1) is 0 Å². The lowest BCUT2D eigenvalue weighted by Crippen LogP contribution is -2.56. The Morgan fingerprint density at radius 2 is 1.76 bits per heavy atom. The van der Waals surface area contributed by atoms with E-state index in [2.05, 4.69) is 18.2 Å². The highest BCUT2D eigenvalue weighted by Gasteiger charge is 2.48. The van der Waals surface area contributed by atoms with Gasteiger partial charge in [-0.2, -0.15) is 0 Å². The van der Waals surface area contributed by atoms with E-state index in [9.17, 15) is 5.11 Å². The van der Waals surface area contributed by atoms with Gasteiger partial charge in [0.05, 0.1) is 24.9 Å². The summed E-state index contributed by atoms with van der Waals surface area (Å²) in [6.45, 7) is 7.85. The predicted molar refractivity (Wildman–Crippen MR) is 132 cm³/mol. The zero-order valence-electron chi connectivity index (χ0n) is 21.0. The summed E-state index contributed by atoms with van der Waals surface area (Å²) < 4.78 is 28.8. The van der Waals surface area contributed by atoms with E-state index in [1.54, 1.807) is 6.92 Å². The van der Waals surface area contributed by atoms with Crippen molar-refractivity contribution in [1.82, 2.24) is 0 Å². The number of methoxy groups -OCH3 is 2. The topological polar surface area (TPSA) is 66.4 Å². The molecule has 1 fully saturated rings. The molecule has 188 valence electrons. The van der Waals surface area contributed by atoms with Crippen LogP contribution in [0.3, 0.4) is 0 Å². The Bertz CT molecular complexity index is 931. The average Bonchev–Trinajstić information content (AvgIpc) is 2.81. The third kappa shape index (κ3) is 6.30. The van der Waals surface area contributed by atoms with Crippen molar-refractivity contribution in [2.45, 2.75) is 76.8 Å². The van der Waals surface area contributed by atoms with Crippen molar-refractivity contribution in [2.24, 2.45) is 0 Å². The largest absolute Gasteiger partial charge is 0.494 e. The summed E-state index contributed by atoms with van der Waals surface area (Å²) in [4.78, 5) is 0. The van der Waals surface area contributed by atoms with Crippen LogP contribution >= 0.6 is 11.6 Å². The Kier molecular flexibility index (Phi) is 9.01. The van der Waals surface area contributed by atoms with Crippen LogP contribution in [-0.4, -0.2) is 49.7 Å². The Labute approximate surface area is 208 Å². The van der Waals surface area contributed by atoms with Crippen LogP contribution in [0.4, 0.5) is 0 Å². The van der Waals surface area contributed by atoms with E-state index >= 15 is 0 Å². The van der Waals surface area contributed by atoms with Crippen LogP contribution in [0.15, 0.2) is 42.5 Å². The molecule has 2 aromatic rings. The van der Waals surface area contributed by atoms with Gasteiger partial charge in [0.1, 0.15) is 5.75 Å². The Morgan fingerprint density at radius 1 is 1.06 bits per heavy atom. The number of ether oxygens (including phenoxy) is 5. The highest BCUT2D eigenvalue weighted by atomic mass is 35.5. The lowest BCUT2D eigenvalue weighted by Gasteiger charge is -2.44. The molecule has 0 aliphatic carbocycles. The van der Waals surface area contributed by atoms with Gasteiger partial charge in [-0.05, 0) is 75.4 Å². The molecular weight excluding hydrogens is 456 g/mol. The first kappa shape index (κ1) is 26.9. The second-order valence-electron chi connectivity index (χ2n) is 9.09. The molecule has 34 heavy (non-hydrogen) atoms. The van der Waals surface area contributed by atoms with Crippen LogP contribution in [0.25, 0.3) is 0 Å². The minimum absolute atomic E-state index is 0.0254. The van der Waals surface area contributed by atoms with E-state index in [-0.39, 0.29) is 18.3 Å². The van der Waals surface area contributed by atoms with Crippen LogP contribution in [0.1, 0.15) is 63.3 Å². The highest BCUT2D eigenvalue weighted by molar-refractivity contribution is 6.31. The number of rotatable bonds is 10. The Morgan fingerprint density at radius 3 is 2.38 bits per heavy atom. The Balaban J connectivity index is 1.77. The summed E-state index contributed by atoms with van der Waals surface area (Å²) in [6.07, 6.45) is 1.63. The molecule has 1 aliphatic rings. The van der Waals surface area contributed by atoms with Crippen molar-refractivity contribution in [3.8, 4) is 5.75 Å². The average molecular weight is 493 g/mol. The maximum atomic E-state index is 10.6. The quantitative estimate of drug-likeness (QED) is 0.431. The molecule has 1 aliphatic heterocycles. The van der Waals surface area contributed by atoms with Crippen molar-refractivity contribution in [3.63, 3.8) is 0 Å². The number of aliphatic hydroxyl groups is 1. The second kappa shape index (κ2) is 11.4. The van der Waals surface area contributed by atoms with Crippen LogP contribution in [0.5, 0.6) is 5.75 Å². The minimum atomic E-state index is -1.61. The zero-order valence-corrected chi connectivity index (χ0v) is 21.7. The summed E-state index contributed by atoms with van der Waals surface area (Å²) in [6, 6.07) is 14.1. The standard InChI is InChI=1S/C27H37ClO6/c1-7-32-22-11-8-19(9-12-22)15-21-16-20(10-13-24(21)28)25-17-23(14-18(2)33-25)34-27(4,31-6)26(3,29)30-5/h8-13,16,18,23,25,29H,7,14-15,17H2,1-6H3/t18-,23+,25-,26?,27?/m1/s1. The van der Waals surface area contributed by atoms with E-state index in [0.29, 0.717) is 25.9 Å². The summed E-state index contributed by atoms with van der Waals surface area (Å²) >= 11 is 6.55. The van der Waals surface area contributed by atoms with Gasteiger partial charge in [-0.1, -0.05) is 35.9 Å². The molecule has 5 atom stereocenters. The first-order valence-electron chi connectivity index (χ1n) is 11.8. The molecule has 0 saturated carbocycles. The van der Waals surface area contributed by atoms with Crippen molar-refractivity contribution >= 4 is 11.6 Å². The van der Waals surface area contributed by atoms with Crippen molar-refractivity contribution < 1.29 is 28.8 Å². The van der Waals surface area contributed by atoms with E-state index in [1.807, 2.05) is 38.1 Å². The van der Waals surface area contributed by atoms with Gasteiger partial charge in [-0.15, -0.1) is 0 Å². The molecule has 0 bridgehead atoms. The van der Waals surface area contributed by atoms with E-state index < -0.39 is 11.6 Å². The monoisotopic (exact) mass is 492 g/mol. The molecule has 2 aromatic carbocycles. The van der Waals surface area contributed by atoms with Gasteiger partial charge in [0, 0.05) is 25.7 Å². The number of benzene rings is 2. The number of halogens is 1. The highest BCUT2D eigenvalue weighted by Crippen LogP contribution is 2.38. The van der Waals surface area contributed by atoms with E-state index in [0.717, 1.165) is 27.5 Å². The summed E-state index contributed by atoms with van der Waals surface area (Å²) in [7, 11) is 2.93. The number of hydrogen-bond donors (Lipinski definition) is 1. The van der Waals surface area contributed by atoms with Gasteiger partial charge in [0.25, 0.3) is 0 Å². The van der Waals surface area contributed by atoms with Crippen LogP contribution in [0.2, 0.25) is 5.02 Å². The third-order valence-corrected chi connectivity index (χ3v) is 6.93. The molecule has 2 unspecified atom stereocenters. The smallest absolute Gasteiger partial charge is 0.220 e. The SMILES string of the molecule is CCOc1ccc(Cc2cc([C@H]3C[C@@H](OC(C)(OC)C(C)(O)OC)C[C@@H](C)O3)ccc2Cl)cc1. The molecule has 7 heteroatoms. The molecule has 3 rings (SSSR count). The maximum absolute atomic E-state index is 10.6. The molecule has 1 heterocycles. The molecule has 6 nitrogen and oxygen atoms in total. The fraction of sp³-hybridized carbons (Fsp3) is 0.556. The maximum Gasteiger partial charge on any atom is 0.220 e. The summed E-state index contributed by atoms with van der Waals surface area (Å²) in [5.74, 6) is -2.08. The first-order valence-corrected chi connectivity index (χ1v) is 12.1. The molecule has 0 amide bonds. The molecule has 0 spiro atoms. The fourth-order valence-electron chi connectivity index (χ4n) is 4.28. The second-order valence-corrected chi connectivity index (χ2v) is 9.50. The third-order valence-electron chi connectivity index (χ3n) is 6.56. The van der Waals surface area contributed by atoms with E-state index in [1.165, 1.54) is 21.1 Å². The van der Waals surface area contributed by atoms with Crippen molar-refractivity contribution in [1.29, 1.82) is 0 Å². The van der Waals surface area contributed by atoms with Gasteiger partial charge < -0.3 is 28.8 Å². The summed E-state index contributed by atoms with van der Waals surface area (Å²) in [5.41, 5.74) is 3.23. The van der Waals surface area contributed by atoms with Gasteiger partial charge >= 0.3 is 0 Å². The zero-order chi connectivity index (χ0) is 24.9.